The molecule has 0 bridgehead atoms. The number of aryl methyl sites for hydroxylation is 1. The summed E-state index contributed by atoms with van der Waals surface area (Å²) in [6.45, 7) is 7.09. The lowest BCUT2D eigenvalue weighted by atomic mass is 10.1. The number of hydrogen-bond acceptors (Lipinski definition) is 5. The number of hydrogen-bond donors (Lipinski definition) is 3. The average molecular weight is 393 g/mol. The van der Waals surface area contributed by atoms with E-state index in [9.17, 15) is 5.11 Å². The summed E-state index contributed by atoms with van der Waals surface area (Å²) in [5.41, 5.74) is 3.32. The fraction of sp³-hybridized carbons (Fsp3) is 0.429. The Bertz CT molecular complexity index is 705. The van der Waals surface area contributed by atoms with Crippen LogP contribution in [-0.4, -0.2) is 38.0 Å². The molecule has 0 aliphatic rings. The zero-order chi connectivity index (χ0) is 19.6. The first-order valence-corrected chi connectivity index (χ1v) is 9.51. The molecule has 0 aromatic heterocycles. The minimum absolute atomic E-state index is 0.333. The fourth-order valence-corrected chi connectivity index (χ4v) is 2.86. The van der Waals surface area contributed by atoms with E-state index in [4.69, 9.17) is 21.1 Å². The van der Waals surface area contributed by atoms with Crippen molar-refractivity contribution in [2.45, 2.75) is 33.1 Å². The van der Waals surface area contributed by atoms with E-state index in [0.29, 0.717) is 36.2 Å². The molecule has 27 heavy (non-hydrogen) atoms. The molecule has 0 spiro atoms. The maximum absolute atomic E-state index is 9.21. The molecule has 2 aromatic carbocycles. The van der Waals surface area contributed by atoms with E-state index < -0.39 is 0 Å². The van der Waals surface area contributed by atoms with Gasteiger partial charge in [-0.05, 0) is 37.1 Å². The quantitative estimate of drug-likeness (QED) is 0.512. The summed E-state index contributed by atoms with van der Waals surface area (Å²) >= 11 is 6.43. The monoisotopic (exact) mass is 392 g/mol. The molecular formula is C21H29ClN2O3. The molecule has 6 heteroatoms. The highest BCUT2D eigenvalue weighted by Crippen LogP contribution is 2.37. The van der Waals surface area contributed by atoms with Gasteiger partial charge >= 0.3 is 0 Å². The second-order valence-corrected chi connectivity index (χ2v) is 7.02. The first-order chi connectivity index (χ1) is 13.0. The van der Waals surface area contributed by atoms with Gasteiger partial charge in [0.25, 0.3) is 0 Å². The SMILES string of the molecule is COc1cc(CNCCNCC(C)O)cc(Cl)c1OCc1ccc(C)cc1. The lowest BCUT2D eigenvalue weighted by Crippen LogP contribution is -2.31. The molecule has 0 saturated carbocycles. The number of nitrogens with one attached hydrogen (secondary N) is 2. The molecule has 2 rings (SSSR count). The molecule has 0 aliphatic carbocycles. The summed E-state index contributed by atoms with van der Waals surface area (Å²) in [5, 5.41) is 16.2. The van der Waals surface area contributed by atoms with Crippen LogP contribution < -0.4 is 20.1 Å². The third kappa shape index (κ3) is 7.39. The number of ether oxygens (including phenoxy) is 2. The Balaban J connectivity index is 1.90. The minimum Gasteiger partial charge on any atom is -0.493 e. The third-order valence-electron chi connectivity index (χ3n) is 4.04. The van der Waals surface area contributed by atoms with Crippen molar-refractivity contribution in [2.75, 3.05) is 26.7 Å². The van der Waals surface area contributed by atoms with Crippen LogP contribution in [0.25, 0.3) is 0 Å². The van der Waals surface area contributed by atoms with Gasteiger partial charge in [0, 0.05) is 26.2 Å². The van der Waals surface area contributed by atoms with Gasteiger partial charge in [-0.3, -0.25) is 0 Å². The molecule has 3 N–H and O–H groups in total. The van der Waals surface area contributed by atoms with Crippen LogP contribution in [-0.2, 0) is 13.2 Å². The van der Waals surface area contributed by atoms with E-state index >= 15 is 0 Å². The van der Waals surface area contributed by atoms with Crippen LogP contribution in [0.1, 0.15) is 23.6 Å². The highest BCUT2D eigenvalue weighted by atomic mass is 35.5. The summed E-state index contributed by atoms with van der Waals surface area (Å²) in [6, 6.07) is 12.0. The molecule has 0 aliphatic heterocycles. The van der Waals surface area contributed by atoms with Gasteiger partial charge in [0.2, 0.25) is 0 Å². The van der Waals surface area contributed by atoms with E-state index in [1.165, 1.54) is 5.56 Å². The Morgan fingerprint density at radius 2 is 1.78 bits per heavy atom. The largest absolute Gasteiger partial charge is 0.493 e. The second kappa shape index (κ2) is 11.1. The van der Waals surface area contributed by atoms with Crippen LogP contribution in [0.15, 0.2) is 36.4 Å². The maximum Gasteiger partial charge on any atom is 0.180 e. The molecular weight excluding hydrogens is 364 g/mol. The van der Waals surface area contributed by atoms with Crippen molar-refractivity contribution in [1.29, 1.82) is 0 Å². The first-order valence-electron chi connectivity index (χ1n) is 9.14. The van der Waals surface area contributed by atoms with Gasteiger partial charge in [-0.15, -0.1) is 0 Å². The number of benzene rings is 2. The zero-order valence-electron chi connectivity index (χ0n) is 16.2. The van der Waals surface area contributed by atoms with Gasteiger partial charge in [0.05, 0.1) is 18.2 Å². The number of halogens is 1. The second-order valence-electron chi connectivity index (χ2n) is 6.61. The van der Waals surface area contributed by atoms with Gasteiger partial charge in [-0.2, -0.15) is 0 Å². The maximum atomic E-state index is 9.21. The van der Waals surface area contributed by atoms with E-state index in [-0.39, 0.29) is 6.10 Å². The Morgan fingerprint density at radius 1 is 1.07 bits per heavy atom. The summed E-state index contributed by atoms with van der Waals surface area (Å²) < 4.78 is 11.4. The molecule has 5 nitrogen and oxygen atoms in total. The van der Waals surface area contributed by atoms with Crippen molar-refractivity contribution in [1.82, 2.24) is 10.6 Å². The molecule has 0 amide bonds. The van der Waals surface area contributed by atoms with Gasteiger partial charge < -0.3 is 25.2 Å². The van der Waals surface area contributed by atoms with Crippen molar-refractivity contribution in [2.24, 2.45) is 0 Å². The number of rotatable bonds is 11. The van der Waals surface area contributed by atoms with Crippen LogP contribution in [0, 0.1) is 6.92 Å². The Hall–Kier alpha value is -1.79. The molecule has 0 fully saturated rings. The predicted octanol–water partition coefficient (Wildman–Crippen LogP) is 3.30. The minimum atomic E-state index is -0.333. The van der Waals surface area contributed by atoms with Crippen molar-refractivity contribution in [3.05, 3.63) is 58.1 Å². The fourth-order valence-electron chi connectivity index (χ4n) is 2.58. The molecule has 0 saturated heterocycles. The van der Waals surface area contributed by atoms with Crippen molar-refractivity contribution in [3.63, 3.8) is 0 Å². The van der Waals surface area contributed by atoms with Gasteiger partial charge in [0.1, 0.15) is 6.61 Å². The van der Waals surface area contributed by atoms with Gasteiger partial charge in [0.15, 0.2) is 11.5 Å². The van der Waals surface area contributed by atoms with Gasteiger partial charge in [-0.25, -0.2) is 0 Å². The lowest BCUT2D eigenvalue weighted by Gasteiger charge is -2.15. The van der Waals surface area contributed by atoms with Crippen molar-refractivity contribution in [3.8, 4) is 11.5 Å². The van der Waals surface area contributed by atoms with E-state index in [2.05, 4.69) is 29.7 Å². The summed E-state index contributed by atoms with van der Waals surface area (Å²) in [6.07, 6.45) is -0.333. The third-order valence-corrected chi connectivity index (χ3v) is 4.32. The number of methoxy groups -OCH3 is 1. The highest BCUT2D eigenvalue weighted by molar-refractivity contribution is 6.32. The average Bonchev–Trinajstić information content (AvgIpc) is 2.64. The van der Waals surface area contributed by atoms with Crippen LogP contribution in [0.2, 0.25) is 5.02 Å². The Kier molecular flexibility index (Phi) is 8.88. The van der Waals surface area contributed by atoms with E-state index in [1.54, 1.807) is 14.0 Å². The number of aliphatic hydroxyl groups is 1. The van der Waals surface area contributed by atoms with Crippen LogP contribution >= 0.6 is 11.6 Å². The predicted molar refractivity (Wildman–Crippen MR) is 110 cm³/mol. The molecule has 0 radical (unpaired) electrons. The van der Waals surface area contributed by atoms with Crippen molar-refractivity contribution >= 4 is 11.6 Å². The lowest BCUT2D eigenvalue weighted by molar-refractivity contribution is 0.191. The standard InChI is InChI=1S/C21H29ClN2O3/c1-15-4-6-17(7-5-15)14-27-21-19(22)10-18(11-20(21)26-3)13-24-9-8-23-12-16(2)25/h4-7,10-11,16,23-25H,8-9,12-14H2,1-3H3. The molecule has 1 atom stereocenters. The van der Waals surface area contributed by atoms with E-state index in [1.807, 2.05) is 24.3 Å². The van der Waals surface area contributed by atoms with E-state index in [0.717, 1.165) is 24.2 Å². The highest BCUT2D eigenvalue weighted by Gasteiger charge is 2.12. The molecule has 0 heterocycles. The Labute approximate surface area is 166 Å². The van der Waals surface area contributed by atoms with Gasteiger partial charge in [-0.1, -0.05) is 41.4 Å². The topological polar surface area (TPSA) is 62.8 Å². The smallest absolute Gasteiger partial charge is 0.180 e. The Morgan fingerprint density at radius 3 is 2.44 bits per heavy atom. The summed E-state index contributed by atoms with van der Waals surface area (Å²) in [4.78, 5) is 0. The molecule has 2 aromatic rings. The molecule has 148 valence electrons. The van der Waals surface area contributed by atoms with Crippen LogP contribution in [0.3, 0.4) is 0 Å². The molecule has 1 unspecified atom stereocenters. The van der Waals surface area contributed by atoms with Crippen LogP contribution in [0.4, 0.5) is 0 Å². The first kappa shape index (κ1) is 21.5. The number of aliphatic hydroxyl groups excluding tert-OH is 1. The van der Waals surface area contributed by atoms with Crippen molar-refractivity contribution < 1.29 is 14.6 Å². The normalized spacial score (nSPS) is 12.0. The summed E-state index contributed by atoms with van der Waals surface area (Å²) in [5.74, 6) is 1.18. The summed E-state index contributed by atoms with van der Waals surface area (Å²) in [7, 11) is 1.61. The zero-order valence-corrected chi connectivity index (χ0v) is 17.0. The van der Waals surface area contributed by atoms with Crippen LogP contribution in [0.5, 0.6) is 11.5 Å².